The number of halogens is 1. The average Bonchev–Trinajstić information content (AvgIpc) is 2.64. The zero-order valence-corrected chi connectivity index (χ0v) is 13.4. The molecule has 0 aliphatic carbocycles. The van der Waals surface area contributed by atoms with Gasteiger partial charge in [0.2, 0.25) is 5.91 Å². The van der Waals surface area contributed by atoms with Crippen molar-refractivity contribution in [2.45, 2.75) is 32.7 Å². The number of nitrogens with one attached hydrogen (secondary N) is 2. The van der Waals surface area contributed by atoms with Crippen molar-refractivity contribution in [1.82, 2.24) is 10.2 Å². The molecule has 1 fully saturated rings. The third-order valence-electron chi connectivity index (χ3n) is 3.61. The van der Waals surface area contributed by atoms with Crippen LogP contribution in [0.5, 0.6) is 0 Å². The van der Waals surface area contributed by atoms with Gasteiger partial charge in [0.1, 0.15) is 17.9 Å². The molecule has 0 saturated carbocycles. The van der Waals surface area contributed by atoms with Crippen LogP contribution in [0.4, 0.5) is 14.9 Å². The van der Waals surface area contributed by atoms with E-state index in [1.165, 1.54) is 18.2 Å². The number of imide groups is 1. The highest BCUT2D eigenvalue weighted by Gasteiger charge is 2.48. The summed E-state index contributed by atoms with van der Waals surface area (Å²) >= 11 is 0. The predicted octanol–water partition coefficient (Wildman–Crippen LogP) is 2.12. The monoisotopic (exact) mass is 321 g/mol. The van der Waals surface area contributed by atoms with Crippen molar-refractivity contribution in [3.05, 3.63) is 30.1 Å². The van der Waals surface area contributed by atoms with E-state index in [1.54, 1.807) is 13.0 Å². The third kappa shape index (κ3) is 3.67. The molecule has 1 aromatic rings. The molecule has 4 amide bonds. The molecule has 2 N–H and O–H groups in total. The number of para-hydroxylation sites is 1. The van der Waals surface area contributed by atoms with Gasteiger partial charge < -0.3 is 10.6 Å². The number of benzene rings is 1. The summed E-state index contributed by atoms with van der Waals surface area (Å²) in [6.07, 6.45) is 0.475. The van der Waals surface area contributed by atoms with Gasteiger partial charge in [0.15, 0.2) is 0 Å². The second kappa shape index (κ2) is 6.36. The lowest BCUT2D eigenvalue weighted by Crippen LogP contribution is -2.45. The Balaban J connectivity index is 2.05. The topological polar surface area (TPSA) is 78.5 Å². The van der Waals surface area contributed by atoms with E-state index in [2.05, 4.69) is 10.6 Å². The van der Waals surface area contributed by atoms with Crippen LogP contribution >= 0.6 is 0 Å². The fourth-order valence-corrected chi connectivity index (χ4v) is 2.74. The Morgan fingerprint density at radius 1 is 1.35 bits per heavy atom. The summed E-state index contributed by atoms with van der Waals surface area (Å²) in [6.45, 7) is 5.07. The average molecular weight is 321 g/mol. The molecule has 0 spiro atoms. The van der Waals surface area contributed by atoms with Gasteiger partial charge in [-0.2, -0.15) is 0 Å². The van der Waals surface area contributed by atoms with Crippen molar-refractivity contribution in [2.75, 3.05) is 11.9 Å². The molecule has 1 saturated heterocycles. The third-order valence-corrected chi connectivity index (χ3v) is 3.61. The van der Waals surface area contributed by atoms with E-state index in [9.17, 15) is 18.8 Å². The van der Waals surface area contributed by atoms with E-state index in [1.807, 2.05) is 13.8 Å². The summed E-state index contributed by atoms with van der Waals surface area (Å²) in [4.78, 5) is 37.2. The summed E-state index contributed by atoms with van der Waals surface area (Å²) in [6, 6.07) is 5.08. The minimum absolute atomic E-state index is 0.00879. The lowest BCUT2D eigenvalue weighted by molar-refractivity contribution is -0.133. The maximum absolute atomic E-state index is 13.5. The Hall–Kier alpha value is -2.44. The smallest absolute Gasteiger partial charge is 0.323 e. The van der Waals surface area contributed by atoms with Gasteiger partial charge in [0.05, 0.1) is 5.69 Å². The predicted molar refractivity (Wildman–Crippen MR) is 83.1 cm³/mol. The molecule has 0 unspecified atom stereocenters. The number of urea groups is 1. The molecule has 0 radical (unpaired) electrons. The lowest BCUT2D eigenvalue weighted by Gasteiger charge is -2.23. The fourth-order valence-electron chi connectivity index (χ4n) is 2.74. The van der Waals surface area contributed by atoms with Crippen LogP contribution in [-0.4, -0.2) is 34.8 Å². The maximum Gasteiger partial charge on any atom is 0.325 e. The van der Waals surface area contributed by atoms with Gasteiger partial charge in [-0.25, -0.2) is 9.18 Å². The Morgan fingerprint density at radius 2 is 2.00 bits per heavy atom. The first kappa shape index (κ1) is 16.9. The largest absolute Gasteiger partial charge is 0.325 e. The first-order chi connectivity index (χ1) is 10.7. The van der Waals surface area contributed by atoms with Crippen LogP contribution in [0.3, 0.4) is 0 Å². The van der Waals surface area contributed by atoms with Crippen LogP contribution in [0.1, 0.15) is 27.2 Å². The summed E-state index contributed by atoms with van der Waals surface area (Å²) in [7, 11) is 0. The maximum atomic E-state index is 13.5. The normalized spacial score (nSPS) is 20.8. The van der Waals surface area contributed by atoms with Crippen molar-refractivity contribution in [1.29, 1.82) is 0 Å². The molecule has 1 aliphatic rings. The van der Waals surface area contributed by atoms with E-state index in [0.29, 0.717) is 6.42 Å². The molecule has 6 nitrogen and oxygen atoms in total. The van der Waals surface area contributed by atoms with Crippen LogP contribution in [0.2, 0.25) is 0 Å². The number of rotatable bonds is 5. The molecule has 2 rings (SSSR count). The molecule has 124 valence electrons. The zero-order chi connectivity index (χ0) is 17.2. The van der Waals surface area contributed by atoms with Crippen molar-refractivity contribution in [3.63, 3.8) is 0 Å². The van der Waals surface area contributed by atoms with Crippen LogP contribution in [0.25, 0.3) is 0 Å². The quantitative estimate of drug-likeness (QED) is 0.815. The lowest BCUT2D eigenvalue weighted by atomic mass is 9.91. The van der Waals surface area contributed by atoms with Gasteiger partial charge in [-0.3, -0.25) is 14.5 Å². The molecular formula is C16H20FN3O3. The number of hydrogen-bond donors (Lipinski definition) is 2. The highest BCUT2D eigenvalue weighted by molar-refractivity contribution is 6.09. The molecule has 1 atom stereocenters. The molecule has 1 aromatic carbocycles. The summed E-state index contributed by atoms with van der Waals surface area (Å²) in [5, 5.41) is 4.98. The van der Waals surface area contributed by atoms with Crippen LogP contribution in [0.15, 0.2) is 24.3 Å². The highest BCUT2D eigenvalue weighted by Crippen LogP contribution is 2.25. The summed E-state index contributed by atoms with van der Waals surface area (Å²) < 4.78 is 13.5. The van der Waals surface area contributed by atoms with Gasteiger partial charge in [0.25, 0.3) is 5.91 Å². The van der Waals surface area contributed by atoms with Crippen molar-refractivity contribution >= 4 is 23.5 Å². The number of hydrogen-bond acceptors (Lipinski definition) is 3. The number of carbonyl (C=O) groups excluding carboxylic acids is 3. The number of amides is 4. The standard InChI is InChI=1S/C16H20FN3O3/c1-10(2)8-16(3)14(22)20(15(23)19-16)9-13(21)18-12-7-5-4-6-11(12)17/h4-7,10H,8-9H2,1-3H3,(H,18,21)(H,19,23)/t16-/m1/s1. The number of carbonyl (C=O) groups is 3. The first-order valence-corrected chi connectivity index (χ1v) is 7.41. The Labute approximate surface area is 134 Å². The van der Waals surface area contributed by atoms with Crippen molar-refractivity contribution < 1.29 is 18.8 Å². The van der Waals surface area contributed by atoms with Gasteiger partial charge in [-0.05, 0) is 31.4 Å². The summed E-state index contributed by atoms with van der Waals surface area (Å²) in [5.74, 6) is -1.45. The molecule has 0 bridgehead atoms. The van der Waals surface area contributed by atoms with E-state index in [4.69, 9.17) is 0 Å². The van der Waals surface area contributed by atoms with E-state index >= 15 is 0 Å². The van der Waals surface area contributed by atoms with E-state index in [-0.39, 0.29) is 11.6 Å². The Morgan fingerprint density at radius 3 is 2.61 bits per heavy atom. The van der Waals surface area contributed by atoms with Crippen molar-refractivity contribution in [3.8, 4) is 0 Å². The summed E-state index contributed by atoms with van der Waals surface area (Å²) in [5.41, 5.74) is -1.00. The second-order valence-electron chi connectivity index (χ2n) is 6.28. The van der Waals surface area contributed by atoms with E-state index < -0.39 is 35.7 Å². The molecule has 23 heavy (non-hydrogen) atoms. The minimum Gasteiger partial charge on any atom is -0.323 e. The molecular weight excluding hydrogens is 301 g/mol. The molecule has 0 aromatic heterocycles. The van der Waals surface area contributed by atoms with E-state index in [0.717, 1.165) is 4.90 Å². The molecule has 7 heteroatoms. The Kier molecular flexibility index (Phi) is 4.68. The van der Waals surface area contributed by atoms with Gasteiger partial charge in [-0.15, -0.1) is 0 Å². The second-order valence-corrected chi connectivity index (χ2v) is 6.28. The van der Waals surface area contributed by atoms with Gasteiger partial charge in [0, 0.05) is 0 Å². The first-order valence-electron chi connectivity index (χ1n) is 7.41. The van der Waals surface area contributed by atoms with Crippen LogP contribution < -0.4 is 10.6 Å². The number of anilines is 1. The van der Waals surface area contributed by atoms with Crippen molar-refractivity contribution in [2.24, 2.45) is 5.92 Å². The highest BCUT2D eigenvalue weighted by atomic mass is 19.1. The van der Waals surface area contributed by atoms with Crippen LogP contribution in [0, 0.1) is 11.7 Å². The fraction of sp³-hybridized carbons (Fsp3) is 0.438. The number of nitrogens with zero attached hydrogens (tertiary/aromatic N) is 1. The zero-order valence-electron chi connectivity index (χ0n) is 13.4. The minimum atomic E-state index is -1.01. The van der Waals surface area contributed by atoms with Gasteiger partial charge in [-0.1, -0.05) is 26.0 Å². The molecule has 1 aliphatic heterocycles. The van der Waals surface area contributed by atoms with Crippen LogP contribution in [-0.2, 0) is 9.59 Å². The van der Waals surface area contributed by atoms with Gasteiger partial charge >= 0.3 is 6.03 Å². The SMILES string of the molecule is CC(C)C[C@@]1(C)NC(=O)N(CC(=O)Nc2ccccc2F)C1=O. The molecule has 1 heterocycles. The Bertz CT molecular complexity index is 647.